The van der Waals surface area contributed by atoms with E-state index in [1.54, 1.807) is 0 Å². The Morgan fingerprint density at radius 3 is 2.60 bits per heavy atom. The zero-order chi connectivity index (χ0) is 14.8. The number of aromatic amines is 1. The Labute approximate surface area is 112 Å². The van der Waals surface area contributed by atoms with E-state index in [1.807, 2.05) is 6.92 Å². The summed E-state index contributed by atoms with van der Waals surface area (Å²) in [5.74, 6) is -1.30. The first-order chi connectivity index (χ1) is 9.43. The van der Waals surface area contributed by atoms with Gasteiger partial charge in [0, 0.05) is 0 Å². The lowest BCUT2D eigenvalue weighted by Crippen LogP contribution is -2.23. The molecule has 0 radical (unpaired) electrons. The van der Waals surface area contributed by atoms with Crippen molar-refractivity contribution < 1.29 is 17.6 Å². The molecule has 2 aromatic rings. The van der Waals surface area contributed by atoms with Gasteiger partial charge >= 0.3 is 6.18 Å². The number of H-pyrrole nitrogens is 1. The molecule has 1 atom stereocenters. The van der Waals surface area contributed by atoms with Gasteiger partial charge in [-0.1, -0.05) is 13.0 Å². The Balaban J connectivity index is 2.38. The van der Waals surface area contributed by atoms with Crippen LogP contribution in [0.5, 0.6) is 0 Å². The van der Waals surface area contributed by atoms with Gasteiger partial charge < -0.3 is 5.32 Å². The molecule has 0 aliphatic rings. The number of nitrogens with one attached hydrogen (secondary N) is 2. The molecule has 0 saturated heterocycles. The minimum absolute atomic E-state index is 0.353. The number of aromatic nitrogens is 3. The topological polar surface area (TPSA) is 53.6 Å². The fraction of sp³-hybridized carbons (Fsp3) is 0.333. The van der Waals surface area contributed by atoms with Gasteiger partial charge in [0.1, 0.15) is 11.5 Å². The van der Waals surface area contributed by atoms with Crippen molar-refractivity contribution in [2.24, 2.45) is 0 Å². The number of nitrogens with zero attached hydrogens (tertiary/aromatic N) is 2. The zero-order valence-corrected chi connectivity index (χ0v) is 10.5. The van der Waals surface area contributed by atoms with Crippen molar-refractivity contribution >= 4 is 0 Å². The molecule has 4 nitrogen and oxygen atoms in total. The maximum Gasteiger partial charge on any atom is 0.419 e. The van der Waals surface area contributed by atoms with Gasteiger partial charge in [-0.15, -0.1) is 0 Å². The van der Waals surface area contributed by atoms with Crippen LogP contribution in [0.3, 0.4) is 0 Å². The Hall–Kier alpha value is -1.96. The van der Waals surface area contributed by atoms with Crippen molar-refractivity contribution in [2.75, 3.05) is 6.54 Å². The highest BCUT2D eigenvalue weighted by atomic mass is 19.4. The maximum atomic E-state index is 13.6. The van der Waals surface area contributed by atoms with E-state index in [2.05, 4.69) is 20.7 Å². The minimum Gasteiger partial charge on any atom is -0.305 e. The van der Waals surface area contributed by atoms with Crippen molar-refractivity contribution in [1.82, 2.24) is 20.7 Å². The van der Waals surface area contributed by atoms with Crippen LogP contribution in [0.4, 0.5) is 17.6 Å². The molecule has 0 spiro atoms. The van der Waals surface area contributed by atoms with Gasteiger partial charge in [0.05, 0.1) is 17.8 Å². The van der Waals surface area contributed by atoms with Gasteiger partial charge in [-0.2, -0.15) is 28.6 Å². The zero-order valence-electron chi connectivity index (χ0n) is 10.5. The summed E-state index contributed by atoms with van der Waals surface area (Å²) in [4.78, 5) is 0. The summed E-state index contributed by atoms with van der Waals surface area (Å²) in [6.07, 6.45) is -3.27. The molecule has 108 valence electrons. The normalized spacial score (nSPS) is 13.4. The van der Waals surface area contributed by atoms with Crippen LogP contribution >= 0.6 is 0 Å². The standard InChI is InChI=1S/C12H12F4N4/c1-2-17-11(10-6-18-20-19-10)7-3-4-8(9(13)5-7)12(14,15)16/h3-6,11,17H,2H2,1H3,(H,18,19,20). The predicted octanol–water partition coefficient (Wildman–Crippen LogP) is 2.66. The molecule has 1 aromatic carbocycles. The molecule has 0 amide bonds. The molecule has 0 bridgehead atoms. The fourth-order valence-electron chi connectivity index (χ4n) is 1.89. The van der Waals surface area contributed by atoms with Gasteiger partial charge in [-0.05, 0) is 24.2 Å². The van der Waals surface area contributed by atoms with Crippen LogP contribution in [0.25, 0.3) is 0 Å². The fourth-order valence-corrected chi connectivity index (χ4v) is 1.89. The SMILES string of the molecule is CCNC(c1ccc(C(F)(F)F)c(F)c1)c1cn[nH]n1. The Bertz CT molecular complexity index is 565. The molecular weight excluding hydrogens is 276 g/mol. The van der Waals surface area contributed by atoms with E-state index in [9.17, 15) is 17.6 Å². The quantitative estimate of drug-likeness (QED) is 0.850. The summed E-state index contributed by atoms with van der Waals surface area (Å²) >= 11 is 0. The van der Waals surface area contributed by atoms with Crippen LogP contribution in [-0.4, -0.2) is 22.0 Å². The third-order valence-electron chi connectivity index (χ3n) is 2.77. The minimum atomic E-state index is -4.70. The van der Waals surface area contributed by atoms with Gasteiger partial charge in [0.15, 0.2) is 0 Å². The first-order valence-electron chi connectivity index (χ1n) is 5.89. The van der Waals surface area contributed by atoms with Crippen LogP contribution in [0, 0.1) is 5.82 Å². The number of hydrogen-bond donors (Lipinski definition) is 2. The lowest BCUT2D eigenvalue weighted by atomic mass is 10.0. The van der Waals surface area contributed by atoms with Gasteiger partial charge in [-0.3, -0.25) is 0 Å². The first kappa shape index (κ1) is 14.4. The van der Waals surface area contributed by atoms with E-state index in [0.29, 0.717) is 17.8 Å². The predicted molar refractivity (Wildman–Crippen MR) is 63.3 cm³/mol. The van der Waals surface area contributed by atoms with Crippen LogP contribution in [0.15, 0.2) is 24.4 Å². The van der Waals surface area contributed by atoms with E-state index in [-0.39, 0.29) is 0 Å². The van der Waals surface area contributed by atoms with E-state index in [1.165, 1.54) is 12.3 Å². The highest BCUT2D eigenvalue weighted by Crippen LogP contribution is 2.33. The largest absolute Gasteiger partial charge is 0.419 e. The second-order valence-electron chi connectivity index (χ2n) is 4.12. The molecule has 1 unspecified atom stereocenters. The van der Waals surface area contributed by atoms with Gasteiger partial charge in [-0.25, -0.2) is 4.39 Å². The van der Waals surface area contributed by atoms with Crippen molar-refractivity contribution in [1.29, 1.82) is 0 Å². The average molecular weight is 288 g/mol. The first-order valence-corrected chi connectivity index (χ1v) is 5.89. The van der Waals surface area contributed by atoms with E-state index in [0.717, 1.165) is 12.1 Å². The van der Waals surface area contributed by atoms with E-state index in [4.69, 9.17) is 0 Å². The van der Waals surface area contributed by atoms with Crippen LogP contribution in [0.2, 0.25) is 0 Å². The Kier molecular flexibility index (Phi) is 4.03. The van der Waals surface area contributed by atoms with E-state index >= 15 is 0 Å². The molecule has 0 saturated carbocycles. The Morgan fingerprint density at radius 2 is 2.10 bits per heavy atom. The molecule has 20 heavy (non-hydrogen) atoms. The number of rotatable bonds is 4. The number of alkyl halides is 3. The van der Waals surface area contributed by atoms with Gasteiger partial charge in [0.25, 0.3) is 0 Å². The number of benzene rings is 1. The lowest BCUT2D eigenvalue weighted by molar-refractivity contribution is -0.140. The van der Waals surface area contributed by atoms with Crippen LogP contribution in [0.1, 0.15) is 29.8 Å². The molecule has 8 heteroatoms. The second kappa shape index (κ2) is 5.58. The van der Waals surface area contributed by atoms with Crippen molar-refractivity contribution in [3.05, 3.63) is 47.0 Å². The third-order valence-corrected chi connectivity index (χ3v) is 2.77. The molecule has 2 N–H and O–H groups in total. The molecule has 1 aromatic heterocycles. The van der Waals surface area contributed by atoms with Crippen molar-refractivity contribution in [3.8, 4) is 0 Å². The summed E-state index contributed by atoms with van der Waals surface area (Å²) in [5, 5.41) is 12.9. The van der Waals surface area contributed by atoms with Crippen LogP contribution in [-0.2, 0) is 6.18 Å². The monoisotopic (exact) mass is 288 g/mol. The highest BCUT2D eigenvalue weighted by molar-refractivity contribution is 5.32. The number of hydrogen-bond acceptors (Lipinski definition) is 3. The van der Waals surface area contributed by atoms with Crippen molar-refractivity contribution in [3.63, 3.8) is 0 Å². The molecule has 1 heterocycles. The summed E-state index contributed by atoms with van der Waals surface area (Å²) in [7, 11) is 0. The Morgan fingerprint density at radius 1 is 1.35 bits per heavy atom. The lowest BCUT2D eigenvalue weighted by Gasteiger charge is -2.17. The molecule has 0 aliphatic heterocycles. The third kappa shape index (κ3) is 2.96. The average Bonchev–Trinajstić information content (AvgIpc) is 2.87. The van der Waals surface area contributed by atoms with Crippen LogP contribution < -0.4 is 5.32 Å². The smallest absolute Gasteiger partial charge is 0.305 e. The summed E-state index contributed by atoms with van der Waals surface area (Å²) in [6.45, 7) is 2.37. The van der Waals surface area contributed by atoms with E-state index < -0.39 is 23.6 Å². The molecular formula is C12H12F4N4. The van der Waals surface area contributed by atoms with Gasteiger partial charge in [0.2, 0.25) is 0 Å². The molecule has 0 fully saturated rings. The second-order valence-corrected chi connectivity index (χ2v) is 4.12. The number of halogens is 4. The summed E-state index contributed by atoms with van der Waals surface area (Å²) < 4.78 is 51.2. The summed E-state index contributed by atoms with van der Waals surface area (Å²) in [5.41, 5.74) is -0.450. The summed E-state index contributed by atoms with van der Waals surface area (Å²) in [6, 6.07) is 2.31. The molecule has 2 rings (SSSR count). The molecule has 0 aliphatic carbocycles. The highest BCUT2D eigenvalue weighted by Gasteiger charge is 2.34. The van der Waals surface area contributed by atoms with Crippen molar-refractivity contribution in [2.45, 2.75) is 19.1 Å². The maximum absolute atomic E-state index is 13.6.